The van der Waals surface area contributed by atoms with Crippen molar-refractivity contribution in [3.8, 4) is 0 Å². The molecule has 21 heavy (non-hydrogen) atoms. The Morgan fingerprint density at radius 3 is 2.52 bits per heavy atom. The van der Waals surface area contributed by atoms with Crippen molar-refractivity contribution in [1.82, 2.24) is 9.47 Å². The highest BCUT2D eigenvalue weighted by Gasteiger charge is 2.05. The summed E-state index contributed by atoms with van der Waals surface area (Å²) in [4.78, 5) is 13.4. The van der Waals surface area contributed by atoms with Gasteiger partial charge in [-0.15, -0.1) is 0 Å². The monoisotopic (exact) mass is 288 g/mol. The molecule has 0 saturated carbocycles. The number of fused-ring (bicyclic) bond motifs is 1. The van der Waals surface area contributed by atoms with E-state index in [4.69, 9.17) is 5.11 Å². The van der Waals surface area contributed by atoms with E-state index in [1.54, 1.807) is 12.1 Å². The van der Waals surface area contributed by atoms with Crippen molar-refractivity contribution in [2.45, 2.75) is 33.2 Å². The fourth-order valence-corrected chi connectivity index (χ4v) is 2.63. The zero-order valence-electron chi connectivity index (χ0n) is 12.9. The van der Waals surface area contributed by atoms with Gasteiger partial charge in [0.2, 0.25) is 0 Å². The molecule has 114 valence electrons. The van der Waals surface area contributed by atoms with Crippen LogP contribution < -0.4 is 0 Å². The van der Waals surface area contributed by atoms with Gasteiger partial charge in [-0.1, -0.05) is 19.9 Å². The van der Waals surface area contributed by atoms with Gasteiger partial charge < -0.3 is 14.6 Å². The molecule has 2 rings (SSSR count). The van der Waals surface area contributed by atoms with E-state index in [0.717, 1.165) is 43.4 Å². The molecule has 0 aliphatic heterocycles. The first-order valence-corrected chi connectivity index (χ1v) is 7.69. The predicted octanol–water partition coefficient (Wildman–Crippen LogP) is 3.46. The van der Waals surface area contributed by atoms with Gasteiger partial charge in [0.15, 0.2) is 0 Å². The molecule has 1 N–H and O–H groups in total. The second kappa shape index (κ2) is 7.27. The van der Waals surface area contributed by atoms with Crippen molar-refractivity contribution in [3.05, 3.63) is 36.2 Å². The number of aromatic nitrogens is 1. The number of aromatic carboxylic acids is 1. The summed E-state index contributed by atoms with van der Waals surface area (Å²) in [6, 6.07) is 5.28. The van der Waals surface area contributed by atoms with Crippen molar-refractivity contribution in [2.75, 3.05) is 19.6 Å². The zero-order valence-corrected chi connectivity index (χ0v) is 12.9. The summed E-state index contributed by atoms with van der Waals surface area (Å²) < 4.78 is 2.17. The molecule has 4 nitrogen and oxygen atoms in total. The Morgan fingerprint density at radius 2 is 1.86 bits per heavy atom. The Bertz CT molecular complexity index is 600. The molecule has 0 atom stereocenters. The van der Waals surface area contributed by atoms with Crippen molar-refractivity contribution in [2.24, 2.45) is 0 Å². The van der Waals surface area contributed by atoms with Crippen LogP contribution in [-0.2, 0) is 6.54 Å². The van der Waals surface area contributed by atoms with Gasteiger partial charge >= 0.3 is 5.97 Å². The number of aryl methyl sites for hydroxylation is 1. The van der Waals surface area contributed by atoms with E-state index in [9.17, 15) is 4.79 Å². The van der Waals surface area contributed by atoms with Gasteiger partial charge in [-0.3, -0.25) is 0 Å². The van der Waals surface area contributed by atoms with Crippen LogP contribution in [0.3, 0.4) is 0 Å². The molecule has 0 saturated heterocycles. The lowest BCUT2D eigenvalue weighted by Crippen LogP contribution is -2.24. The van der Waals surface area contributed by atoms with E-state index in [2.05, 4.69) is 29.5 Å². The standard InChI is InChI=1S/C17H24N2O2/c1-3-18(4-2)9-5-6-10-19-12-15-8-7-14(17(20)21)11-16(15)13-19/h7-8,11-13H,3-6,9-10H2,1-2H3,(H,20,21). The average molecular weight is 288 g/mol. The number of carbonyl (C=O) groups is 1. The second-order valence-electron chi connectivity index (χ2n) is 5.38. The number of carboxylic acids is 1. The molecule has 0 radical (unpaired) electrons. The Balaban J connectivity index is 1.92. The predicted molar refractivity (Wildman–Crippen MR) is 85.9 cm³/mol. The number of carboxylic acid groups (broad SMARTS) is 1. The fraction of sp³-hybridized carbons (Fsp3) is 0.471. The van der Waals surface area contributed by atoms with Gasteiger partial charge in [-0.25, -0.2) is 4.79 Å². The number of hydrogen-bond acceptors (Lipinski definition) is 2. The maximum absolute atomic E-state index is 11.0. The first kappa shape index (κ1) is 15.6. The van der Waals surface area contributed by atoms with E-state index in [1.807, 2.05) is 12.3 Å². The van der Waals surface area contributed by atoms with Crippen LogP contribution in [0.5, 0.6) is 0 Å². The lowest BCUT2D eigenvalue weighted by atomic mass is 10.1. The topological polar surface area (TPSA) is 45.5 Å². The highest BCUT2D eigenvalue weighted by Crippen LogP contribution is 2.18. The van der Waals surface area contributed by atoms with E-state index in [0.29, 0.717) is 5.56 Å². The summed E-state index contributed by atoms with van der Waals surface area (Å²) in [5.74, 6) is -0.871. The van der Waals surface area contributed by atoms with Crippen molar-refractivity contribution in [1.29, 1.82) is 0 Å². The molecular formula is C17H24N2O2. The lowest BCUT2D eigenvalue weighted by molar-refractivity contribution is 0.0697. The average Bonchev–Trinajstić information content (AvgIpc) is 2.89. The Hall–Kier alpha value is -1.81. The van der Waals surface area contributed by atoms with Gasteiger partial charge in [0, 0.05) is 24.3 Å². The molecule has 1 heterocycles. The van der Waals surface area contributed by atoms with Crippen LogP contribution in [0.4, 0.5) is 0 Å². The van der Waals surface area contributed by atoms with Crippen LogP contribution in [0.2, 0.25) is 0 Å². The minimum absolute atomic E-state index is 0.349. The number of rotatable bonds is 8. The van der Waals surface area contributed by atoms with Crippen molar-refractivity contribution < 1.29 is 9.90 Å². The van der Waals surface area contributed by atoms with Crippen LogP contribution in [0.15, 0.2) is 30.6 Å². The Kier molecular flexibility index (Phi) is 5.39. The molecule has 0 aliphatic rings. The SMILES string of the molecule is CCN(CC)CCCCn1cc2ccc(C(=O)O)cc2c1. The van der Waals surface area contributed by atoms with Gasteiger partial charge in [0.05, 0.1) is 5.56 Å². The summed E-state index contributed by atoms with van der Waals surface area (Å²) in [5.41, 5.74) is 0.349. The van der Waals surface area contributed by atoms with Gasteiger partial charge in [0.1, 0.15) is 0 Å². The zero-order chi connectivity index (χ0) is 15.2. The second-order valence-corrected chi connectivity index (χ2v) is 5.38. The van der Waals surface area contributed by atoms with E-state index in [-0.39, 0.29) is 0 Å². The molecule has 1 aromatic heterocycles. The minimum atomic E-state index is -0.871. The van der Waals surface area contributed by atoms with Crippen molar-refractivity contribution in [3.63, 3.8) is 0 Å². The minimum Gasteiger partial charge on any atom is -0.478 e. The first-order chi connectivity index (χ1) is 10.1. The quantitative estimate of drug-likeness (QED) is 0.757. The molecule has 4 heteroatoms. The molecule has 2 aromatic rings. The van der Waals surface area contributed by atoms with E-state index >= 15 is 0 Å². The van der Waals surface area contributed by atoms with Crippen LogP contribution in [0.25, 0.3) is 10.8 Å². The van der Waals surface area contributed by atoms with Crippen LogP contribution in [0, 0.1) is 0 Å². The third-order valence-electron chi connectivity index (χ3n) is 3.98. The van der Waals surface area contributed by atoms with Gasteiger partial charge in [-0.05, 0) is 50.0 Å². The maximum Gasteiger partial charge on any atom is 0.335 e. The molecule has 0 amide bonds. The maximum atomic E-state index is 11.0. The van der Waals surface area contributed by atoms with Crippen molar-refractivity contribution >= 4 is 16.7 Å². The Morgan fingerprint density at radius 1 is 1.14 bits per heavy atom. The highest BCUT2D eigenvalue weighted by atomic mass is 16.4. The normalized spacial score (nSPS) is 11.4. The summed E-state index contributed by atoms with van der Waals surface area (Å²) in [7, 11) is 0. The Labute approximate surface area is 126 Å². The summed E-state index contributed by atoms with van der Waals surface area (Å²) >= 11 is 0. The van der Waals surface area contributed by atoms with Gasteiger partial charge in [-0.2, -0.15) is 0 Å². The first-order valence-electron chi connectivity index (χ1n) is 7.69. The van der Waals surface area contributed by atoms with Crippen LogP contribution in [0.1, 0.15) is 37.0 Å². The molecule has 0 fully saturated rings. The fourth-order valence-electron chi connectivity index (χ4n) is 2.63. The smallest absolute Gasteiger partial charge is 0.335 e. The number of benzene rings is 1. The summed E-state index contributed by atoms with van der Waals surface area (Å²) in [6.45, 7) is 8.75. The third kappa shape index (κ3) is 4.08. The lowest BCUT2D eigenvalue weighted by Gasteiger charge is -2.17. The molecule has 0 bridgehead atoms. The highest BCUT2D eigenvalue weighted by molar-refractivity contribution is 5.94. The molecule has 1 aromatic carbocycles. The van der Waals surface area contributed by atoms with E-state index in [1.165, 1.54) is 6.42 Å². The number of nitrogens with zero attached hydrogens (tertiary/aromatic N) is 2. The largest absolute Gasteiger partial charge is 0.478 e. The molecule has 0 spiro atoms. The molecule has 0 unspecified atom stereocenters. The number of unbranched alkanes of at least 4 members (excludes halogenated alkanes) is 1. The number of hydrogen-bond donors (Lipinski definition) is 1. The van der Waals surface area contributed by atoms with Crippen LogP contribution in [-0.4, -0.2) is 40.2 Å². The van der Waals surface area contributed by atoms with Gasteiger partial charge in [0.25, 0.3) is 0 Å². The van der Waals surface area contributed by atoms with Crippen LogP contribution >= 0.6 is 0 Å². The third-order valence-corrected chi connectivity index (χ3v) is 3.98. The molecule has 0 aliphatic carbocycles. The van der Waals surface area contributed by atoms with E-state index < -0.39 is 5.97 Å². The molecular weight excluding hydrogens is 264 g/mol. The summed E-state index contributed by atoms with van der Waals surface area (Å²) in [5, 5.41) is 11.1. The summed E-state index contributed by atoms with van der Waals surface area (Å²) in [6.07, 6.45) is 6.47.